The molecule has 0 N–H and O–H groups in total. The third-order valence-electron chi connectivity index (χ3n) is 2.15. The Hall–Kier alpha value is -1.37. The summed E-state index contributed by atoms with van der Waals surface area (Å²) in [5.41, 5.74) is 1.35. The van der Waals surface area contributed by atoms with Crippen molar-refractivity contribution in [2.24, 2.45) is 0 Å². The van der Waals surface area contributed by atoms with Crippen molar-refractivity contribution in [3.8, 4) is 11.3 Å². The van der Waals surface area contributed by atoms with Crippen LogP contribution in [0.1, 0.15) is 17.5 Å². The van der Waals surface area contributed by atoms with E-state index in [2.05, 4.69) is 27.6 Å². The van der Waals surface area contributed by atoms with E-state index in [1.807, 2.05) is 24.3 Å². The van der Waals surface area contributed by atoms with Gasteiger partial charge in [0, 0.05) is 9.13 Å². The van der Waals surface area contributed by atoms with Crippen molar-refractivity contribution in [3.05, 3.63) is 40.0 Å². The van der Waals surface area contributed by atoms with Gasteiger partial charge in [-0.2, -0.15) is 0 Å². The molecule has 0 atom stereocenters. The van der Waals surface area contributed by atoms with Gasteiger partial charge in [0.05, 0.1) is 6.61 Å². The van der Waals surface area contributed by atoms with Crippen molar-refractivity contribution < 1.29 is 13.9 Å². The Bertz CT molecular complexity index is 519. The highest BCUT2D eigenvalue weighted by Gasteiger charge is 2.19. The number of hydrogen-bond donors (Lipinski definition) is 0. The van der Waals surface area contributed by atoms with Gasteiger partial charge in [-0.05, 0) is 41.6 Å². The predicted molar refractivity (Wildman–Crippen MR) is 70.6 cm³/mol. The molecule has 2 aromatic rings. The summed E-state index contributed by atoms with van der Waals surface area (Å²) in [6, 6.07) is 7.67. The first kappa shape index (κ1) is 12.1. The number of rotatable bonds is 3. The topological polar surface area (TPSA) is 52.3 Å². The number of hydrogen-bond acceptors (Lipinski definition) is 4. The van der Waals surface area contributed by atoms with Crippen molar-refractivity contribution in [1.29, 1.82) is 0 Å². The van der Waals surface area contributed by atoms with Crippen LogP contribution < -0.4 is 0 Å². The Morgan fingerprint density at radius 3 is 2.76 bits per heavy atom. The first-order valence-corrected chi connectivity index (χ1v) is 6.16. The molecule has 0 radical (unpaired) electrons. The maximum absolute atomic E-state index is 11.6. The minimum absolute atomic E-state index is 0.146. The van der Waals surface area contributed by atoms with E-state index in [9.17, 15) is 4.79 Å². The zero-order valence-electron chi connectivity index (χ0n) is 9.14. The molecule has 1 heterocycles. The van der Waals surface area contributed by atoms with Crippen LogP contribution in [-0.4, -0.2) is 17.6 Å². The Morgan fingerprint density at radius 1 is 1.41 bits per heavy atom. The summed E-state index contributed by atoms with van der Waals surface area (Å²) < 4.78 is 11.1. The van der Waals surface area contributed by atoms with E-state index >= 15 is 0 Å². The highest BCUT2D eigenvalue weighted by Crippen LogP contribution is 2.23. The van der Waals surface area contributed by atoms with E-state index in [-0.39, 0.29) is 5.76 Å². The summed E-state index contributed by atoms with van der Waals surface area (Å²) in [5.74, 6) is -0.341. The van der Waals surface area contributed by atoms with Crippen molar-refractivity contribution in [2.75, 3.05) is 6.61 Å². The molecule has 0 unspecified atom stereocenters. The standard InChI is InChI=1S/C12H10INO3/c1-2-16-12(15)11-10(14-7-17-11)8-3-5-9(13)6-4-8/h3-7H,2H2,1H3. The van der Waals surface area contributed by atoms with Crippen LogP contribution in [0, 0.1) is 3.57 Å². The second-order valence-electron chi connectivity index (χ2n) is 3.26. The molecule has 5 heteroatoms. The molecule has 0 amide bonds. The average Bonchev–Trinajstić information content (AvgIpc) is 2.79. The van der Waals surface area contributed by atoms with Gasteiger partial charge >= 0.3 is 5.97 Å². The fourth-order valence-corrected chi connectivity index (χ4v) is 1.76. The molecule has 0 spiro atoms. The maximum atomic E-state index is 11.6. The van der Waals surface area contributed by atoms with Crippen LogP contribution in [0.15, 0.2) is 35.1 Å². The first-order chi connectivity index (χ1) is 8.22. The fraction of sp³-hybridized carbons (Fsp3) is 0.167. The molecule has 0 saturated carbocycles. The highest BCUT2D eigenvalue weighted by atomic mass is 127. The van der Waals surface area contributed by atoms with Gasteiger partial charge in [-0.3, -0.25) is 0 Å². The molecule has 2 rings (SSSR count). The van der Waals surface area contributed by atoms with Crippen molar-refractivity contribution >= 4 is 28.6 Å². The summed E-state index contributed by atoms with van der Waals surface area (Å²) in [7, 11) is 0. The lowest BCUT2D eigenvalue weighted by Gasteiger charge is -2.01. The molecule has 17 heavy (non-hydrogen) atoms. The van der Waals surface area contributed by atoms with Gasteiger partial charge in [0.25, 0.3) is 0 Å². The van der Waals surface area contributed by atoms with Crippen molar-refractivity contribution in [1.82, 2.24) is 4.98 Å². The Balaban J connectivity index is 2.36. The first-order valence-electron chi connectivity index (χ1n) is 5.09. The van der Waals surface area contributed by atoms with Crippen molar-refractivity contribution in [3.63, 3.8) is 0 Å². The molecule has 1 aromatic carbocycles. The van der Waals surface area contributed by atoms with Gasteiger partial charge in [-0.1, -0.05) is 12.1 Å². The zero-order chi connectivity index (χ0) is 12.3. The molecule has 88 valence electrons. The van der Waals surface area contributed by atoms with E-state index in [0.29, 0.717) is 12.3 Å². The van der Waals surface area contributed by atoms with Gasteiger partial charge in [0.2, 0.25) is 5.76 Å². The average molecular weight is 343 g/mol. The van der Waals surface area contributed by atoms with Gasteiger partial charge in [-0.25, -0.2) is 9.78 Å². The number of halogens is 1. The van der Waals surface area contributed by atoms with E-state index in [0.717, 1.165) is 9.13 Å². The van der Waals surface area contributed by atoms with Crippen LogP contribution >= 0.6 is 22.6 Å². The number of nitrogens with zero attached hydrogens (tertiary/aromatic N) is 1. The number of esters is 1. The summed E-state index contributed by atoms with van der Waals surface area (Å²) in [5, 5.41) is 0. The molecule has 0 bridgehead atoms. The second-order valence-corrected chi connectivity index (χ2v) is 4.50. The van der Waals surface area contributed by atoms with E-state index in [1.54, 1.807) is 6.92 Å². The summed E-state index contributed by atoms with van der Waals surface area (Å²) in [6.45, 7) is 2.06. The smallest absolute Gasteiger partial charge is 0.376 e. The van der Waals surface area contributed by atoms with E-state index in [4.69, 9.17) is 9.15 Å². The van der Waals surface area contributed by atoms with Crippen LogP contribution in [0.3, 0.4) is 0 Å². The number of ether oxygens (including phenoxy) is 1. The minimum Gasteiger partial charge on any atom is -0.460 e. The van der Waals surface area contributed by atoms with Gasteiger partial charge < -0.3 is 9.15 Å². The zero-order valence-corrected chi connectivity index (χ0v) is 11.3. The quantitative estimate of drug-likeness (QED) is 0.635. The normalized spacial score (nSPS) is 10.2. The minimum atomic E-state index is -0.487. The van der Waals surface area contributed by atoms with Gasteiger partial charge in [0.15, 0.2) is 6.39 Å². The van der Waals surface area contributed by atoms with Gasteiger partial charge in [-0.15, -0.1) is 0 Å². The molecule has 0 aliphatic heterocycles. The lowest BCUT2D eigenvalue weighted by atomic mass is 10.1. The third kappa shape index (κ3) is 2.66. The third-order valence-corrected chi connectivity index (χ3v) is 2.87. The summed E-state index contributed by atoms with van der Waals surface area (Å²) >= 11 is 2.21. The fourth-order valence-electron chi connectivity index (χ4n) is 1.40. The molecular formula is C12H10INO3. The SMILES string of the molecule is CCOC(=O)c1ocnc1-c1ccc(I)cc1. The van der Waals surface area contributed by atoms with Crippen LogP contribution in [-0.2, 0) is 4.74 Å². The second kappa shape index (κ2) is 5.31. The Labute approximate surface area is 112 Å². The van der Waals surface area contributed by atoms with Crippen LogP contribution in [0.4, 0.5) is 0 Å². The molecule has 0 saturated heterocycles. The number of benzene rings is 1. The number of aromatic nitrogens is 1. The van der Waals surface area contributed by atoms with E-state index < -0.39 is 5.97 Å². The van der Waals surface area contributed by atoms with Crippen molar-refractivity contribution in [2.45, 2.75) is 6.92 Å². The monoisotopic (exact) mass is 343 g/mol. The molecule has 0 aliphatic carbocycles. The summed E-state index contributed by atoms with van der Waals surface area (Å²) in [6.07, 6.45) is 1.25. The molecule has 0 fully saturated rings. The lowest BCUT2D eigenvalue weighted by Crippen LogP contribution is -2.04. The number of carbonyl (C=O) groups excluding carboxylic acids is 1. The van der Waals surface area contributed by atoms with Crippen LogP contribution in [0.2, 0.25) is 0 Å². The van der Waals surface area contributed by atoms with Crippen LogP contribution in [0.25, 0.3) is 11.3 Å². The molecule has 4 nitrogen and oxygen atoms in total. The largest absolute Gasteiger partial charge is 0.460 e. The Morgan fingerprint density at radius 2 is 2.12 bits per heavy atom. The summed E-state index contributed by atoms with van der Waals surface area (Å²) in [4.78, 5) is 15.7. The highest BCUT2D eigenvalue weighted by molar-refractivity contribution is 14.1. The van der Waals surface area contributed by atoms with E-state index in [1.165, 1.54) is 6.39 Å². The molecule has 1 aromatic heterocycles. The number of oxazole rings is 1. The van der Waals surface area contributed by atoms with Crippen LogP contribution in [0.5, 0.6) is 0 Å². The Kier molecular flexibility index (Phi) is 3.78. The molecular weight excluding hydrogens is 333 g/mol. The lowest BCUT2D eigenvalue weighted by molar-refractivity contribution is 0.0491. The predicted octanol–water partition coefficient (Wildman–Crippen LogP) is 3.12. The molecule has 0 aliphatic rings. The number of carbonyl (C=O) groups is 1. The van der Waals surface area contributed by atoms with Gasteiger partial charge in [0.1, 0.15) is 5.69 Å². The maximum Gasteiger partial charge on any atom is 0.376 e.